The Morgan fingerprint density at radius 2 is 2.03 bits per heavy atom. The van der Waals surface area contributed by atoms with Gasteiger partial charge in [0.15, 0.2) is 0 Å². The van der Waals surface area contributed by atoms with Crippen LogP contribution in [0.1, 0.15) is 17.5 Å². The summed E-state index contributed by atoms with van der Waals surface area (Å²) in [5.74, 6) is -0.00120. The first-order chi connectivity index (χ1) is 14.8. The highest BCUT2D eigenvalue weighted by Gasteiger charge is 2.32. The number of nitrogens with one attached hydrogen (secondary N) is 1. The normalized spacial score (nSPS) is 16.6. The van der Waals surface area contributed by atoms with Crippen molar-refractivity contribution >= 4 is 23.4 Å². The van der Waals surface area contributed by atoms with Crippen LogP contribution in [0.3, 0.4) is 0 Å². The zero-order chi connectivity index (χ0) is 22.4. The summed E-state index contributed by atoms with van der Waals surface area (Å²) >= 11 is 6.15. The van der Waals surface area contributed by atoms with Gasteiger partial charge in [-0.1, -0.05) is 35.4 Å². The minimum atomic E-state index is -0.608. The van der Waals surface area contributed by atoms with Gasteiger partial charge in [-0.2, -0.15) is 0 Å². The average molecular weight is 448 g/mol. The summed E-state index contributed by atoms with van der Waals surface area (Å²) in [6.45, 7) is 4.21. The van der Waals surface area contributed by atoms with Gasteiger partial charge < -0.3 is 15.0 Å². The van der Waals surface area contributed by atoms with Crippen LogP contribution < -0.4 is 10.1 Å². The second-order valence-corrected chi connectivity index (χ2v) is 8.10. The lowest BCUT2D eigenvalue weighted by molar-refractivity contribution is -0.138. The molecule has 0 saturated carbocycles. The van der Waals surface area contributed by atoms with Gasteiger partial charge in [-0.3, -0.25) is 14.5 Å². The molecule has 1 unspecified atom stereocenters. The Bertz CT molecular complexity index is 923. The van der Waals surface area contributed by atoms with Gasteiger partial charge in [0.1, 0.15) is 18.2 Å². The third-order valence-corrected chi connectivity index (χ3v) is 5.69. The van der Waals surface area contributed by atoms with Gasteiger partial charge in [-0.15, -0.1) is 0 Å². The van der Waals surface area contributed by atoms with Gasteiger partial charge in [-0.05, 0) is 36.8 Å². The van der Waals surface area contributed by atoms with E-state index < -0.39 is 11.9 Å². The van der Waals surface area contributed by atoms with E-state index in [0.717, 1.165) is 16.9 Å². The molecule has 1 heterocycles. The Labute approximate surface area is 186 Å². The Balaban J connectivity index is 1.56. The third-order valence-electron chi connectivity index (χ3n) is 5.34. The lowest BCUT2D eigenvalue weighted by atomic mass is 10.1. The van der Waals surface area contributed by atoms with Crippen molar-refractivity contribution in [1.82, 2.24) is 15.1 Å². The highest BCUT2D eigenvalue weighted by molar-refractivity contribution is 6.31. The quantitative estimate of drug-likeness (QED) is 0.675. The molecule has 1 saturated heterocycles. The lowest BCUT2D eigenvalue weighted by Crippen LogP contribution is -2.56. The standard InChI is InChI=1S/C23H27ClFN3O3/c1-16-3-7-19(8-4-16)31-12-11-27(2)22(29)14-21-23(30)26-9-10-28(21)15-17-5-6-18(25)13-20(17)24/h3-8,13,21H,9-12,14-15H2,1-2H3,(H,26,30). The zero-order valence-electron chi connectivity index (χ0n) is 17.7. The summed E-state index contributed by atoms with van der Waals surface area (Å²) in [6, 6.07) is 11.3. The number of carbonyl (C=O) groups excluding carboxylic acids is 2. The molecular weight excluding hydrogens is 421 g/mol. The minimum Gasteiger partial charge on any atom is -0.492 e. The van der Waals surface area contributed by atoms with Crippen molar-refractivity contribution in [2.75, 3.05) is 33.3 Å². The van der Waals surface area contributed by atoms with E-state index in [-0.39, 0.29) is 18.2 Å². The molecule has 1 fully saturated rings. The van der Waals surface area contributed by atoms with E-state index >= 15 is 0 Å². The third kappa shape index (κ3) is 6.42. The Morgan fingerprint density at radius 3 is 2.74 bits per heavy atom. The van der Waals surface area contributed by atoms with Gasteiger partial charge in [0.05, 0.1) is 19.0 Å². The molecule has 0 bridgehead atoms. The van der Waals surface area contributed by atoms with Crippen molar-refractivity contribution < 1.29 is 18.7 Å². The first-order valence-corrected chi connectivity index (χ1v) is 10.6. The van der Waals surface area contributed by atoms with E-state index in [1.165, 1.54) is 12.1 Å². The number of amides is 2. The molecule has 1 atom stereocenters. The van der Waals surface area contributed by atoms with Crippen LogP contribution in [0.4, 0.5) is 4.39 Å². The zero-order valence-corrected chi connectivity index (χ0v) is 18.5. The fraction of sp³-hybridized carbons (Fsp3) is 0.391. The van der Waals surface area contributed by atoms with E-state index in [2.05, 4.69) is 5.32 Å². The van der Waals surface area contributed by atoms with E-state index in [1.54, 1.807) is 18.0 Å². The first kappa shape index (κ1) is 23.0. The number of carbonyl (C=O) groups is 2. The van der Waals surface area contributed by atoms with E-state index in [1.807, 2.05) is 36.1 Å². The second kappa shape index (κ2) is 10.6. The molecule has 2 amide bonds. The number of ether oxygens (including phenoxy) is 1. The molecule has 0 spiro atoms. The summed E-state index contributed by atoms with van der Waals surface area (Å²) in [7, 11) is 1.70. The number of likely N-dealkylation sites (N-methyl/N-ethyl adjacent to an activating group) is 1. The van der Waals surface area contributed by atoms with Crippen molar-refractivity contribution in [1.29, 1.82) is 0 Å². The fourth-order valence-electron chi connectivity index (χ4n) is 3.42. The van der Waals surface area contributed by atoms with E-state index in [9.17, 15) is 14.0 Å². The van der Waals surface area contributed by atoms with E-state index in [0.29, 0.717) is 37.8 Å². The number of hydrogen-bond donors (Lipinski definition) is 1. The summed E-state index contributed by atoms with van der Waals surface area (Å²) in [4.78, 5) is 28.7. The van der Waals surface area contributed by atoms with Crippen LogP contribution in [0.2, 0.25) is 5.02 Å². The van der Waals surface area contributed by atoms with Crippen LogP contribution in [0.5, 0.6) is 5.75 Å². The van der Waals surface area contributed by atoms with Gasteiger partial charge in [0.2, 0.25) is 11.8 Å². The van der Waals surface area contributed by atoms with Crippen molar-refractivity contribution in [2.24, 2.45) is 0 Å². The lowest BCUT2D eigenvalue weighted by Gasteiger charge is -2.35. The number of halogens is 2. The largest absolute Gasteiger partial charge is 0.492 e. The summed E-state index contributed by atoms with van der Waals surface area (Å²) < 4.78 is 19.0. The number of rotatable bonds is 8. The van der Waals surface area contributed by atoms with Crippen LogP contribution in [-0.4, -0.2) is 60.9 Å². The molecule has 1 N–H and O–H groups in total. The first-order valence-electron chi connectivity index (χ1n) is 10.2. The number of benzene rings is 2. The molecule has 2 aromatic carbocycles. The molecule has 6 nitrogen and oxygen atoms in total. The van der Waals surface area contributed by atoms with E-state index in [4.69, 9.17) is 16.3 Å². The Hall–Kier alpha value is -2.64. The maximum absolute atomic E-state index is 13.3. The average Bonchev–Trinajstić information content (AvgIpc) is 2.73. The highest BCUT2D eigenvalue weighted by atomic mass is 35.5. The van der Waals surface area contributed by atoms with Gasteiger partial charge >= 0.3 is 0 Å². The maximum atomic E-state index is 13.3. The summed E-state index contributed by atoms with van der Waals surface area (Å²) in [6.07, 6.45) is 0.0473. The van der Waals surface area contributed by atoms with Crippen LogP contribution in [0, 0.1) is 12.7 Å². The summed E-state index contributed by atoms with van der Waals surface area (Å²) in [5.41, 5.74) is 1.87. The second-order valence-electron chi connectivity index (χ2n) is 7.69. The predicted molar refractivity (Wildman–Crippen MR) is 118 cm³/mol. The number of aryl methyl sites for hydroxylation is 1. The highest BCUT2D eigenvalue weighted by Crippen LogP contribution is 2.22. The van der Waals surface area contributed by atoms with Crippen molar-refractivity contribution in [3.63, 3.8) is 0 Å². The SMILES string of the molecule is Cc1ccc(OCCN(C)C(=O)CC2C(=O)NCCN2Cc2ccc(F)cc2Cl)cc1. The molecule has 1 aliphatic heterocycles. The van der Waals surface area contributed by atoms with Gasteiger partial charge in [0, 0.05) is 31.7 Å². The number of hydrogen-bond acceptors (Lipinski definition) is 4. The minimum absolute atomic E-state index is 0.0473. The monoisotopic (exact) mass is 447 g/mol. The molecule has 0 aliphatic carbocycles. The molecule has 8 heteroatoms. The Morgan fingerprint density at radius 1 is 1.29 bits per heavy atom. The van der Waals surface area contributed by atoms with Crippen molar-refractivity contribution in [3.8, 4) is 5.75 Å². The fourth-order valence-corrected chi connectivity index (χ4v) is 3.65. The Kier molecular flexibility index (Phi) is 7.87. The van der Waals surface area contributed by atoms with Crippen LogP contribution in [0.25, 0.3) is 0 Å². The van der Waals surface area contributed by atoms with Crippen molar-refractivity contribution in [2.45, 2.75) is 25.9 Å². The van der Waals surface area contributed by atoms with Crippen molar-refractivity contribution in [3.05, 3.63) is 64.4 Å². The smallest absolute Gasteiger partial charge is 0.237 e. The summed E-state index contributed by atoms with van der Waals surface area (Å²) in [5, 5.41) is 3.12. The molecule has 1 aliphatic rings. The van der Waals surface area contributed by atoms with Gasteiger partial charge in [0.25, 0.3) is 0 Å². The molecule has 166 valence electrons. The molecule has 0 aromatic heterocycles. The van der Waals surface area contributed by atoms with Crippen LogP contribution in [0.15, 0.2) is 42.5 Å². The van der Waals surface area contributed by atoms with Crippen LogP contribution >= 0.6 is 11.6 Å². The molecule has 31 heavy (non-hydrogen) atoms. The topological polar surface area (TPSA) is 61.9 Å². The number of nitrogens with zero attached hydrogens (tertiary/aromatic N) is 2. The van der Waals surface area contributed by atoms with Gasteiger partial charge in [-0.25, -0.2) is 4.39 Å². The number of piperazine rings is 1. The van der Waals surface area contributed by atoms with Crippen LogP contribution in [-0.2, 0) is 16.1 Å². The molecule has 0 radical (unpaired) electrons. The molecule has 3 rings (SSSR count). The molecule has 2 aromatic rings. The maximum Gasteiger partial charge on any atom is 0.237 e. The molecular formula is C23H27ClFN3O3. The predicted octanol–water partition coefficient (Wildman–Crippen LogP) is 3.02.